The maximum absolute atomic E-state index is 13.5. The van der Waals surface area contributed by atoms with Crippen molar-refractivity contribution in [2.24, 2.45) is 22.7 Å². The van der Waals surface area contributed by atoms with Gasteiger partial charge < -0.3 is 28.5 Å². The Bertz CT molecular complexity index is 1420. The Labute approximate surface area is 251 Å². The van der Waals surface area contributed by atoms with Gasteiger partial charge in [-0.15, -0.1) is 0 Å². The van der Waals surface area contributed by atoms with Crippen LogP contribution in [0.5, 0.6) is 5.75 Å². The van der Waals surface area contributed by atoms with Crippen LogP contribution in [0, 0.1) is 22.7 Å². The van der Waals surface area contributed by atoms with Crippen molar-refractivity contribution in [1.82, 2.24) is 0 Å². The summed E-state index contributed by atoms with van der Waals surface area (Å²) in [5.41, 5.74) is -3.03. The second-order valence-electron chi connectivity index (χ2n) is 12.5. The minimum atomic E-state index is -1.34. The summed E-state index contributed by atoms with van der Waals surface area (Å²) in [7, 11) is 0. The van der Waals surface area contributed by atoms with Crippen molar-refractivity contribution in [2.75, 3.05) is 6.61 Å². The van der Waals surface area contributed by atoms with Gasteiger partial charge in [0, 0.05) is 43.7 Å². The van der Waals surface area contributed by atoms with E-state index in [9.17, 15) is 24.3 Å². The smallest absolute Gasteiger partial charge is 0.345 e. The highest BCUT2D eigenvalue weighted by atomic mass is 16.6. The van der Waals surface area contributed by atoms with E-state index in [-0.39, 0.29) is 36.0 Å². The summed E-state index contributed by atoms with van der Waals surface area (Å²) in [6.45, 7) is 15.0. The number of fused-ring (bicyclic) bond motifs is 4. The highest BCUT2D eigenvalue weighted by molar-refractivity contribution is 5.72. The number of hydrogen-bond donors (Lipinski definition) is 1. The Kier molecular flexibility index (Phi) is 8.84. The molecule has 3 aliphatic rings. The zero-order chi connectivity index (χ0) is 31.9. The van der Waals surface area contributed by atoms with Crippen LogP contribution in [-0.4, -0.2) is 47.4 Å². The summed E-state index contributed by atoms with van der Waals surface area (Å²) in [5, 5.41) is 12.1. The van der Waals surface area contributed by atoms with E-state index in [1.54, 1.807) is 44.2 Å². The number of ether oxygens (including phenoxy) is 4. The van der Waals surface area contributed by atoms with Gasteiger partial charge in [0.15, 0.2) is 0 Å². The van der Waals surface area contributed by atoms with Gasteiger partial charge in [0.05, 0.1) is 6.10 Å². The highest BCUT2D eigenvalue weighted by Crippen LogP contribution is 2.67. The minimum absolute atomic E-state index is 0.0124. The van der Waals surface area contributed by atoms with Gasteiger partial charge in [-0.05, 0) is 44.4 Å². The molecule has 1 aliphatic heterocycles. The van der Waals surface area contributed by atoms with Crippen molar-refractivity contribution >= 4 is 23.5 Å². The second kappa shape index (κ2) is 11.8. The van der Waals surface area contributed by atoms with Gasteiger partial charge in [0.2, 0.25) is 0 Å². The van der Waals surface area contributed by atoms with Gasteiger partial charge in [0.25, 0.3) is 0 Å². The molecule has 1 aromatic heterocycles. The second-order valence-corrected chi connectivity index (χ2v) is 12.5. The van der Waals surface area contributed by atoms with Crippen molar-refractivity contribution in [3.63, 3.8) is 0 Å². The summed E-state index contributed by atoms with van der Waals surface area (Å²) in [5.74, 6) is -2.22. The maximum Gasteiger partial charge on any atom is 0.345 e. The first-order valence-corrected chi connectivity index (χ1v) is 14.6. The molecular formula is C33H42O10. The number of allylic oxidation sites excluding steroid dienone is 5. The molecule has 2 saturated carbocycles. The predicted molar refractivity (Wildman–Crippen MR) is 157 cm³/mol. The molecule has 2 aliphatic carbocycles. The summed E-state index contributed by atoms with van der Waals surface area (Å²) in [6.07, 6.45) is 5.20. The van der Waals surface area contributed by atoms with Crippen LogP contribution in [0.3, 0.4) is 0 Å². The molecule has 2 heterocycles. The molecule has 10 nitrogen and oxygen atoms in total. The van der Waals surface area contributed by atoms with Crippen LogP contribution >= 0.6 is 0 Å². The van der Waals surface area contributed by atoms with Crippen LogP contribution in [0.4, 0.5) is 0 Å². The summed E-state index contributed by atoms with van der Waals surface area (Å²) >= 11 is 0. The van der Waals surface area contributed by atoms with Crippen LogP contribution in [0.1, 0.15) is 85.2 Å². The molecule has 2 fully saturated rings. The van der Waals surface area contributed by atoms with Crippen LogP contribution in [0.15, 0.2) is 46.2 Å². The number of rotatable bonds is 7. The van der Waals surface area contributed by atoms with Gasteiger partial charge in [-0.25, -0.2) is 4.79 Å². The van der Waals surface area contributed by atoms with Crippen LogP contribution in [-0.2, 0) is 28.6 Å². The maximum atomic E-state index is 13.5. The first-order chi connectivity index (χ1) is 20.1. The van der Waals surface area contributed by atoms with Gasteiger partial charge in [-0.1, -0.05) is 44.7 Å². The van der Waals surface area contributed by atoms with Gasteiger partial charge >= 0.3 is 23.5 Å². The lowest BCUT2D eigenvalue weighted by Crippen LogP contribution is -2.71. The average Bonchev–Trinajstić information content (AvgIpc) is 2.90. The molecule has 1 N–H and O–H groups in total. The lowest BCUT2D eigenvalue weighted by atomic mass is 9.42. The molecular weight excluding hydrogens is 556 g/mol. The number of aliphatic hydroxyl groups excluding tert-OH is 1. The molecule has 0 spiro atoms. The van der Waals surface area contributed by atoms with E-state index in [4.69, 9.17) is 23.4 Å². The van der Waals surface area contributed by atoms with Crippen molar-refractivity contribution in [1.29, 1.82) is 0 Å². The van der Waals surface area contributed by atoms with Crippen molar-refractivity contribution < 1.29 is 42.9 Å². The highest BCUT2D eigenvalue weighted by Gasteiger charge is 2.70. The summed E-state index contributed by atoms with van der Waals surface area (Å²) in [6, 6.07) is 1.58. The minimum Gasteiger partial charge on any atom is -0.482 e. The number of hydrogen-bond acceptors (Lipinski definition) is 10. The predicted octanol–water partition coefficient (Wildman–Crippen LogP) is 4.84. The Hall–Kier alpha value is -3.66. The Balaban J connectivity index is 1.90. The monoisotopic (exact) mass is 598 g/mol. The van der Waals surface area contributed by atoms with E-state index >= 15 is 0 Å². The molecule has 234 valence electrons. The van der Waals surface area contributed by atoms with Crippen LogP contribution < -0.4 is 10.4 Å². The van der Waals surface area contributed by atoms with Crippen molar-refractivity contribution in [3.05, 3.63) is 58.7 Å². The topological polar surface area (TPSA) is 139 Å². The normalized spacial score (nSPS) is 35.1. The largest absolute Gasteiger partial charge is 0.482 e. The molecule has 4 rings (SSSR count). The van der Waals surface area contributed by atoms with Gasteiger partial charge in [0.1, 0.15) is 41.5 Å². The fourth-order valence-electron chi connectivity index (χ4n) is 8.02. The molecule has 0 amide bonds. The fraction of sp³-hybridized carbons (Fsp3) is 0.576. The number of esters is 3. The Morgan fingerprint density at radius 2 is 1.74 bits per heavy atom. The average molecular weight is 599 g/mol. The van der Waals surface area contributed by atoms with Crippen molar-refractivity contribution in [3.8, 4) is 5.75 Å². The molecule has 0 radical (unpaired) electrons. The molecule has 8 atom stereocenters. The number of carbonyl (C=O) groups excluding carboxylic acids is 3. The van der Waals surface area contributed by atoms with Gasteiger partial charge in [-0.2, -0.15) is 0 Å². The molecule has 43 heavy (non-hydrogen) atoms. The third-order valence-corrected chi connectivity index (χ3v) is 9.79. The SMILES string of the molecule is C=C/C=C\C(=C/C)c1cc2c(c(=O)o1)C(O)C1C3(C)CCC(OC(C)=O)[C@](C)(COC(C)=O)C3CC(OC(C)=O)C1(C)O2. The van der Waals surface area contributed by atoms with Crippen molar-refractivity contribution in [2.45, 2.75) is 91.6 Å². The molecule has 0 saturated heterocycles. The molecule has 1 aromatic rings. The van der Waals surface area contributed by atoms with E-state index < -0.39 is 64.2 Å². The van der Waals surface area contributed by atoms with E-state index in [0.717, 1.165) is 0 Å². The fourth-order valence-corrected chi connectivity index (χ4v) is 8.02. The lowest BCUT2D eigenvalue weighted by molar-refractivity contribution is -0.270. The first-order valence-electron chi connectivity index (χ1n) is 14.6. The van der Waals surface area contributed by atoms with E-state index in [1.807, 2.05) is 13.8 Å². The van der Waals surface area contributed by atoms with E-state index in [0.29, 0.717) is 18.4 Å². The summed E-state index contributed by atoms with van der Waals surface area (Å²) in [4.78, 5) is 50.0. The third-order valence-electron chi connectivity index (χ3n) is 9.79. The Morgan fingerprint density at radius 1 is 1.09 bits per heavy atom. The first kappa shape index (κ1) is 32.3. The standard InChI is InChI=1S/C33H42O10/c1-9-11-12-21(10-2)22-15-23-27(30(38)42-22)28(37)29-31(6)14-13-25(40-19(4)35)32(7,17-39-18(3)34)24(31)16-26(41-20(5)36)33(29,8)43-23/h9-12,15,24-26,28-29,37H,1,13-14,16-17H2,2-8H3/b12-11-,21-10+/t24?,25?,26?,28?,29?,31?,32-,33?/m1/s1. The Morgan fingerprint density at radius 3 is 2.33 bits per heavy atom. The quantitative estimate of drug-likeness (QED) is 0.264. The third kappa shape index (κ3) is 5.57. The van der Waals surface area contributed by atoms with Gasteiger partial charge in [-0.3, -0.25) is 14.4 Å². The molecule has 0 bridgehead atoms. The van der Waals surface area contributed by atoms with Crippen LogP contribution in [0.2, 0.25) is 0 Å². The van der Waals surface area contributed by atoms with E-state index in [2.05, 4.69) is 6.58 Å². The number of carbonyl (C=O) groups is 3. The zero-order valence-electron chi connectivity index (χ0n) is 25.9. The van der Waals surface area contributed by atoms with E-state index in [1.165, 1.54) is 20.8 Å². The lowest BCUT2D eigenvalue weighted by Gasteiger charge is -2.66. The number of aliphatic hydroxyl groups is 1. The molecule has 0 aromatic carbocycles. The molecule has 10 heteroatoms. The van der Waals surface area contributed by atoms with Crippen LogP contribution in [0.25, 0.3) is 5.57 Å². The summed E-state index contributed by atoms with van der Waals surface area (Å²) < 4.78 is 29.6. The molecule has 7 unspecified atom stereocenters. The zero-order valence-corrected chi connectivity index (χ0v) is 25.9.